The Labute approximate surface area is 98.1 Å². The maximum atomic E-state index is 10.2. The number of aliphatic hydroxyl groups is 1. The van der Waals surface area contributed by atoms with E-state index >= 15 is 0 Å². The standard InChI is InChI=1S/C13H18OSe/c1-2-13(14)9-8-12(15-10-13)11-6-4-3-5-7-11/h3-7,12,14H,2,8-10H2,1H3/t12-,13-/m0/s1. The van der Waals surface area contributed by atoms with E-state index in [9.17, 15) is 5.11 Å². The molecule has 2 heteroatoms. The Morgan fingerprint density at radius 3 is 2.67 bits per heavy atom. The molecule has 0 aromatic heterocycles. The van der Waals surface area contributed by atoms with Crippen LogP contribution in [-0.4, -0.2) is 25.7 Å². The molecule has 1 fully saturated rings. The van der Waals surface area contributed by atoms with Crippen molar-refractivity contribution in [2.75, 3.05) is 0 Å². The molecular formula is C13H18OSe. The van der Waals surface area contributed by atoms with Gasteiger partial charge in [-0.2, -0.15) is 0 Å². The third-order valence-electron chi connectivity index (χ3n) is 3.25. The summed E-state index contributed by atoms with van der Waals surface area (Å²) in [6.07, 6.45) is 3.05. The molecule has 1 saturated heterocycles. The summed E-state index contributed by atoms with van der Waals surface area (Å²) in [6.45, 7) is 2.10. The molecule has 15 heavy (non-hydrogen) atoms. The van der Waals surface area contributed by atoms with Crippen LogP contribution >= 0.6 is 0 Å². The van der Waals surface area contributed by atoms with Crippen molar-refractivity contribution in [2.24, 2.45) is 0 Å². The van der Waals surface area contributed by atoms with E-state index in [0.29, 0.717) is 15.0 Å². The van der Waals surface area contributed by atoms with Gasteiger partial charge in [-0.25, -0.2) is 0 Å². The van der Waals surface area contributed by atoms with Gasteiger partial charge in [0, 0.05) is 0 Å². The van der Waals surface area contributed by atoms with E-state index in [1.165, 1.54) is 5.56 Å². The van der Waals surface area contributed by atoms with Gasteiger partial charge in [0.2, 0.25) is 0 Å². The molecule has 0 saturated carbocycles. The summed E-state index contributed by atoms with van der Waals surface area (Å²) in [5, 5.41) is 11.2. The van der Waals surface area contributed by atoms with Gasteiger partial charge in [-0.3, -0.25) is 0 Å². The predicted octanol–water partition coefficient (Wildman–Crippen LogP) is 2.79. The molecule has 2 rings (SSSR count). The molecule has 0 unspecified atom stereocenters. The van der Waals surface area contributed by atoms with Crippen molar-refractivity contribution in [1.29, 1.82) is 0 Å². The van der Waals surface area contributed by atoms with E-state index in [-0.39, 0.29) is 5.60 Å². The Kier molecular flexibility index (Phi) is 3.50. The van der Waals surface area contributed by atoms with Crippen LogP contribution in [0.2, 0.25) is 5.32 Å². The van der Waals surface area contributed by atoms with Crippen molar-refractivity contribution in [3.05, 3.63) is 35.9 Å². The second kappa shape index (κ2) is 4.69. The van der Waals surface area contributed by atoms with Crippen molar-refractivity contribution in [2.45, 2.75) is 41.9 Å². The summed E-state index contributed by atoms with van der Waals surface area (Å²) < 4.78 is 0. The Morgan fingerprint density at radius 1 is 1.40 bits per heavy atom. The molecule has 1 heterocycles. The molecule has 1 aromatic rings. The van der Waals surface area contributed by atoms with Crippen LogP contribution in [0.4, 0.5) is 0 Å². The molecule has 1 aliphatic rings. The normalized spacial score (nSPS) is 31.5. The summed E-state index contributed by atoms with van der Waals surface area (Å²) in [7, 11) is 0. The number of hydrogen-bond donors (Lipinski definition) is 1. The van der Waals surface area contributed by atoms with Crippen molar-refractivity contribution < 1.29 is 5.11 Å². The molecule has 0 amide bonds. The fraction of sp³-hybridized carbons (Fsp3) is 0.538. The van der Waals surface area contributed by atoms with E-state index in [4.69, 9.17) is 0 Å². The molecule has 0 radical (unpaired) electrons. The third kappa shape index (κ3) is 2.63. The van der Waals surface area contributed by atoms with Crippen LogP contribution in [0.1, 0.15) is 36.6 Å². The quantitative estimate of drug-likeness (QED) is 0.818. The molecule has 1 nitrogen and oxygen atoms in total. The average molecular weight is 269 g/mol. The summed E-state index contributed by atoms with van der Waals surface area (Å²) in [5.41, 5.74) is 1.13. The molecule has 1 N–H and O–H groups in total. The van der Waals surface area contributed by atoms with Gasteiger partial charge < -0.3 is 0 Å². The van der Waals surface area contributed by atoms with Gasteiger partial charge in [0.1, 0.15) is 0 Å². The summed E-state index contributed by atoms with van der Waals surface area (Å²) in [4.78, 5) is 0.727. The van der Waals surface area contributed by atoms with Crippen LogP contribution in [0, 0.1) is 0 Å². The van der Waals surface area contributed by atoms with E-state index < -0.39 is 0 Å². The first-order valence-corrected chi connectivity index (χ1v) is 7.82. The number of hydrogen-bond acceptors (Lipinski definition) is 1. The van der Waals surface area contributed by atoms with Crippen molar-refractivity contribution in [3.63, 3.8) is 0 Å². The van der Waals surface area contributed by atoms with E-state index in [2.05, 4.69) is 37.3 Å². The molecule has 0 spiro atoms. The molecule has 0 aliphatic carbocycles. The van der Waals surface area contributed by atoms with Gasteiger partial charge in [-0.15, -0.1) is 0 Å². The minimum atomic E-state index is -0.342. The van der Waals surface area contributed by atoms with Gasteiger partial charge in [-0.1, -0.05) is 0 Å². The van der Waals surface area contributed by atoms with E-state index in [1.807, 2.05) is 0 Å². The number of benzene rings is 1. The zero-order chi connectivity index (χ0) is 10.7. The Hall–Kier alpha value is -0.301. The second-order valence-electron chi connectivity index (χ2n) is 4.33. The second-order valence-corrected chi connectivity index (χ2v) is 6.83. The third-order valence-corrected chi connectivity index (χ3v) is 6.64. The Morgan fingerprint density at radius 2 is 2.13 bits per heavy atom. The SMILES string of the molecule is CC[C@]1(O)CC[C@@H](c2ccccc2)[Se]C1. The minimum absolute atomic E-state index is 0.342. The Balaban J connectivity index is 2.00. The van der Waals surface area contributed by atoms with Crippen LogP contribution in [0.15, 0.2) is 30.3 Å². The van der Waals surface area contributed by atoms with Gasteiger partial charge >= 0.3 is 97.9 Å². The fourth-order valence-electron chi connectivity index (χ4n) is 2.02. The van der Waals surface area contributed by atoms with Gasteiger partial charge in [-0.05, 0) is 0 Å². The topological polar surface area (TPSA) is 20.2 Å². The molecule has 2 atom stereocenters. The predicted molar refractivity (Wildman–Crippen MR) is 64.2 cm³/mol. The zero-order valence-corrected chi connectivity index (χ0v) is 10.9. The molecule has 1 aromatic carbocycles. The Bertz CT molecular complexity index is 302. The first-order valence-electron chi connectivity index (χ1n) is 5.62. The summed E-state index contributed by atoms with van der Waals surface area (Å²) in [6, 6.07) is 10.8. The van der Waals surface area contributed by atoms with E-state index in [0.717, 1.165) is 29.4 Å². The molecule has 82 valence electrons. The van der Waals surface area contributed by atoms with Crippen LogP contribution in [0.25, 0.3) is 0 Å². The van der Waals surface area contributed by atoms with Crippen molar-refractivity contribution >= 4 is 15.0 Å². The summed E-state index contributed by atoms with van der Waals surface area (Å²) in [5.74, 6) is 0. The average Bonchev–Trinajstić information content (AvgIpc) is 2.31. The monoisotopic (exact) mass is 270 g/mol. The maximum absolute atomic E-state index is 10.2. The van der Waals surface area contributed by atoms with E-state index in [1.54, 1.807) is 0 Å². The van der Waals surface area contributed by atoms with Crippen LogP contribution in [0.3, 0.4) is 0 Å². The van der Waals surface area contributed by atoms with Gasteiger partial charge in [0.05, 0.1) is 0 Å². The van der Waals surface area contributed by atoms with Crippen molar-refractivity contribution in [1.82, 2.24) is 0 Å². The van der Waals surface area contributed by atoms with Gasteiger partial charge in [0.25, 0.3) is 0 Å². The molecular weight excluding hydrogens is 251 g/mol. The first kappa shape index (κ1) is 11.2. The zero-order valence-electron chi connectivity index (χ0n) is 9.15. The van der Waals surface area contributed by atoms with Crippen molar-refractivity contribution in [3.8, 4) is 0 Å². The van der Waals surface area contributed by atoms with Crippen LogP contribution < -0.4 is 0 Å². The molecule has 0 bridgehead atoms. The van der Waals surface area contributed by atoms with Crippen LogP contribution in [-0.2, 0) is 0 Å². The fourth-order valence-corrected chi connectivity index (χ4v) is 5.15. The van der Waals surface area contributed by atoms with Crippen LogP contribution in [0.5, 0.6) is 0 Å². The van der Waals surface area contributed by atoms with Gasteiger partial charge in [0.15, 0.2) is 0 Å². The number of rotatable bonds is 2. The first-order chi connectivity index (χ1) is 7.23. The summed E-state index contributed by atoms with van der Waals surface area (Å²) >= 11 is 0.560. The molecule has 1 aliphatic heterocycles.